The molecule has 0 radical (unpaired) electrons. The molecule has 0 aliphatic carbocycles. The van der Waals surface area contributed by atoms with Gasteiger partial charge in [-0.3, -0.25) is 4.79 Å². The minimum atomic E-state index is -0.537. The lowest BCUT2D eigenvalue weighted by atomic mass is 9.89. The molecule has 0 saturated carbocycles. The summed E-state index contributed by atoms with van der Waals surface area (Å²) < 4.78 is 11.1. The third-order valence-corrected chi connectivity index (χ3v) is 6.39. The molecule has 3 aliphatic rings. The van der Waals surface area contributed by atoms with Gasteiger partial charge in [-0.25, -0.2) is 4.79 Å². The highest BCUT2D eigenvalue weighted by Gasteiger charge is 2.37. The molecule has 0 N–H and O–H groups in total. The number of fused-ring (bicyclic) bond motifs is 1. The summed E-state index contributed by atoms with van der Waals surface area (Å²) in [6, 6.07) is 3.91. The molecule has 7 heteroatoms. The Labute approximate surface area is 183 Å². The molecule has 0 aromatic heterocycles. The minimum Gasteiger partial charge on any atom is -0.444 e. The Kier molecular flexibility index (Phi) is 5.99. The van der Waals surface area contributed by atoms with Gasteiger partial charge in [-0.2, -0.15) is 0 Å². The summed E-state index contributed by atoms with van der Waals surface area (Å²) in [7, 11) is 0. The lowest BCUT2D eigenvalue weighted by Crippen LogP contribution is -2.41. The van der Waals surface area contributed by atoms with Crippen LogP contribution >= 0.6 is 11.6 Å². The summed E-state index contributed by atoms with van der Waals surface area (Å²) in [5.74, 6) is 0.140. The summed E-state index contributed by atoms with van der Waals surface area (Å²) in [4.78, 5) is 29.6. The molecule has 3 aliphatic heterocycles. The molecule has 2 saturated heterocycles. The average molecular weight is 435 g/mol. The van der Waals surface area contributed by atoms with Crippen LogP contribution in [0.4, 0.5) is 4.79 Å². The van der Waals surface area contributed by atoms with Crippen LogP contribution < -0.4 is 0 Å². The van der Waals surface area contributed by atoms with E-state index in [0.717, 1.165) is 36.8 Å². The highest BCUT2D eigenvalue weighted by atomic mass is 35.5. The van der Waals surface area contributed by atoms with Crippen molar-refractivity contribution in [1.82, 2.24) is 9.80 Å². The minimum absolute atomic E-state index is 0.0351. The summed E-state index contributed by atoms with van der Waals surface area (Å²) >= 11 is 6.46. The van der Waals surface area contributed by atoms with Crippen LogP contribution in [-0.2, 0) is 27.2 Å². The number of halogens is 1. The fourth-order valence-electron chi connectivity index (χ4n) is 4.76. The van der Waals surface area contributed by atoms with Crippen molar-refractivity contribution in [2.75, 3.05) is 26.3 Å². The van der Waals surface area contributed by atoms with Crippen LogP contribution in [0.25, 0.3) is 0 Å². The van der Waals surface area contributed by atoms with Gasteiger partial charge in [0, 0.05) is 31.3 Å². The van der Waals surface area contributed by atoms with Crippen molar-refractivity contribution in [2.24, 2.45) is 5.92 Å². The zero-order chi connectivity index (χ0) is 21.5. The van der Waals surface area contributed by atoms with E-state index in [0.29, 0.717) is 37.9 Å². The van der Waals surface area contributed by atoms with Crippen molar-refractivity contribution in [3.05, 3.63) is 33.8 Å². The summed E-state index contributed by atoms with van der Waals surface area (Å²) in [5.41, 5.74) is 2.84. The van der Waals surface area contributed by atoms with E-state index in [9.17, 15) is 9.59 Å². The lowest BCUT2D eigenvalue weighted by Gasteiger charge is -2.35. The number of likely N-dealkylation sites (tertiary alicyclic amines) is 1. The van der Waals surface area contributed by atoms with Crippen molar-refractivity contribution >= 4 is 23.6 Å². The molecule has 2 fully saturated rings. The van der Waals surface area contributed by atoms with Crippen LogP contribution in [0, 0.1) is 5.92 Å². The van der Waals surface area contributed by atoms with Crippen LogP contribution in [0.15, 0.2) is 12.1 Å². The number of nitrogens with zero attached hydrogens (tertiary/aromatic N) is 2. The van der Waals surface area contributed by atoms with E-state index in [-0.39, 0.29) is 24.0 Å². The molecule has 164 valence electrons. The number of carbonyl (C=O) groups is 2. The lowest BCUT2D eigenvalue weighted by molar-refractivity contribution is -0.136. The molecule has 1 aromatic rings. The van der Waals surface area contributed by atoms with Crippen LogP contribution in [0.1, 0.15) is 62.8 Å². The fourth-order valence-corrected chi connectivity index (χ4v) is 5.01. The Morgan fingerprint density at radius 3 is 2.70 bits per heavy atom. The van der Waals surface area contributed by atoms with Crippen molar-refractivity contribution in [3.63, 3.8) is 0 Å². The maximum atomic E-state index is 13.0. The van der Waals surface area contributed by atoms with Crippen LogP contribution in [0.3, 0.4) is 0 Å². The molecular formula is C23H31ClN2O4. The van der Waals surface area contributed by atoms with Crippen molar-refractivity contribution in [1.29, 1.82) is 0 Å². The van der Waals surface area contributed by atoms with Gasteiger partial charge < -0.3 is 19.3 Å². The van der Waals surface area contributed by atoms with E-state index in [1.165, 1.54) is 5.56 Å². The number of ether oxygens (including phenoxy) is 2. The van der Waals surface area contributed by atoms with Gasteiger partial charge in [0.2, 0.25) is 5.91 Å². The third kappa shape index (κ3) is 4.45. The maximum Gasteiger partial charge on any atom is 0.410 e. The van der Waals surface area contributed by atoms with Gasteiger partial charge in [-0.1, -0.05) is 11.6 Å². The fraction of sp³-hybridized carbons (Fsp3) is 0.652. The first-order chi connectivity index (χ1) is 14.2. The van der Waals surface area contributed by atoms with Gasteiger partial charge in [0.15, 0.2) is 0 Å². The summed E-state index contributed by atoms with van der Waals surface area (Å²) in [6.07, 6.45) is 3.08. The molecule has 30 heavy (non-hydrogen) atoms. The quantitative estimate of drug-likeness (QED) is 0.695. The normalized spacial score (nSPS) is 24.1. The maximum absolute atomic E-state index is 13.0. The first-order valence-electron chi connectivity index (χ1n) is 10.9. The van der Waals surface area contributed by atoms with Crippen LogP contribution in [0.5, 0.6) is 0 Å². The Morgan fingerprint density at radius 2 is 2.00 bits per heavy atom. The number of carbonyl (C=O) groups excluding carboxylic acids is 2. The summed E-state index contributed by atoms with van der Waals surface area (Å²) in [5, 5.41) is 0.684. The largest absolute Gasteiger partial charge is 0.444 e. The predicted octanol–water partition coefficient (Wildman–Crippen LogP) is 4.33. The zero-order valence-electron chi connectivity index (χ0n) is 18.1. The Bertz CT molecular complexity index is 829. The van der Waals surface area contributed by atoms with Gasteiger partial charge in [-0.15, -0.1) is 0 Å². The number of amides is 2. The van der Waals surface area contributed by atoms with Gasteiger partial charge >= 0.3 is 6.09 Å². The van der Waals surface area contributed by atoms with Gasteiger partial charge in [0.1, 0.15) is 5.60 Å². The molecule has 3 heterocycles. The third-order valence-electron chi connectivity index (χ3n) is 6.17. The number of hydrogen-bond acceptors (Lipinski definition) is 4. The Hall–Kier alpha value is -1.79. The molecule has 2 amide bonds. The van der Waals surface area contributed by atoms with E-state index in [4.69, 9.17) is 21.1 Å². The highest BCUT2D eigenvalue weighted by Crippen LogP contribution is 2.39. The standard InChI is InChI=1S/C23H31ClN2O4/c1-23(2,3)30-22(28)26-8-4-5-20(26)18-12-17(24)11-15-6-9-25(13-19(15)18)21(27)16-7-10-29-14-16/h11-12,16,20H,4-10,13-14H2,1-3H3. The number of hydrogen-bond donors (Lipinski definition) is 0. The van der Waals surface area contributed by atoms with E-state index >= 15 is 0 Å². The van der Waals surface area contributed by atoms with Gasteiger partial charge in [-0.05, 0) is 75.3 Å². The average Bonchev–Trinajstić information content (AvgIpc) is 3.37. The number of rotatable bonds is 2. The van der Waals surface area contributed by atoms with Crippen molar-refractivity contribution in [2.45, 2.75) is 64.6 Å². The number of benzene rings is 1. The van der Waals surface area contributed by atoms with E-state index < -0.39 is 5.60 Å². The molecule has 1 aromatic carbocycles. The Morgan fingerprint density at radius 1 is 1.20 bits per heavy atom. The van der Waals surface area contributed by atoms with Crippen LogP contribution in [0.2, 0.25) is 5.02 Å². The first-order valence-corrected chi connectivity index (χ1v) is 11.3. The van der Waals surface area contributed by atoms with E-state index in [1.807, 2.05) is 42.7 Å². The zero-order valence-corrected chi connectivity index (χ0v) is 18.8. The predicted molar refractivity (Wildman–Crippen MR) is 114 cm³/mol. The molecular weight excluding hydrogens is 404 g/mol. The smallest absolute Gasteiger partial charge is 0.410 e. The molecule has 0 spiro atoms. The molecule has 2 unspecified atom stereocenters. The summed E-state index contributed by atoms with van der Waals surface area (Å²) in [6.45, 7) is 8.76. The molecule has 0 bridgehead atoms. The second-order valence-corrected chi connectivity index (χ2v) is 9.97. The Balaban J connectivity index is 1.61. The molecule has 4 rings (SSSR count). The molecule has 6 nitrogen and oxygen atoms in total. The second kappa shape index (κ2) is 8.39. The van der Waals surface area contributed by atoms with E-state index in [2.05, 4.69) is 0 Å². The molecule has 2 atom stereocenters. The van der Waals surface area contributed by atoms with Gasteiger partial charge in [0.25, 0.3) is 0 Å². The topological polar surface area (TPSA) is 59.1 Å². The monoisotopic (exact) mass is 434 g/mol. The SMILES string of the molecule is CC(C)(C)OC(=O)N1CCCC1c1cc(Cl)cc2c1CN(C(=O)C1CCOC1)CC2. The first kappa shape index (κ1) is 21.4. The van der Waals surface area contributed by atoms with Gasteiger partial charge in [0.05, 0.1) is 18.6 Å². The van der Waals surface area contributed by atoms with E-state index in [1.54, 1.807) is 0 Å². The highest BCUT2D eigenvalue weighted by molar-refractivity contribution is 6.30. The second-order valence-electron chi connectivity index (χ2n) is 9.53. The van der Waals surface area contributed by atoms with Crippen molar-refractivity contribution in [3.8, 4) is 0 Å². The van der Waals surface area contributed by atoms with Crippen LogP contribution in [-0.4, -0.2) is 53.7 Å². The van der Waals surface area contributed by atoms with Crippen molar-refractivity contribution < 1.29 is 19.1 Å².